The molecule has 0 spiro atoms. The van der Waals surface area contributed by atoms with Crippen LogP contribution in [0.1, 0.15) is 36.1 Å². The molecule has 0 aliphatic heterocycles. The Morgan fingerprint density at radius 2 is 2.10 bits per heavy atom. The van der Waals surface area contributed by atoms with Gasteiger partial charge in [0.1, 0.15) is 5.76 Å². The number of benzene rings is 1. The maximum atomic E-state index is 5.78. The van der Waals surface area contributed by atoms with E-state index in [4.69, 9.17) is 4.42 Å². The molecule has 0 atom stereocenters. The fraction of sp³-hybridized carbons (Fsp3) is 0.471. The number of hydrogen-bond donors (Lipinski definition) is 1. The minimum Gasteiger partial charge on any atom is -0.446 e. The van der Waals surface area contributed by atoms with Crippen LogP contribution in [0.5, 0.6) is 0 Å². The van der Waals surface area contributed by atoms with Crippen molar-refractivity contribution in [3.63, 3.8) is 0 Å². The Balaban J connectivity index is 1.78. The zero-order chi connectivity index (χ0) is 14.2. The van der Waals surface area contributed by atoms with Crippen molar-refractivity contribution >= 4 is 0 Å². The van der Waals surface area contributed by atoms with Gasteiger partial charge >= 0.3 is 0 Å². The summed E-state index contributed by atoms with van der Waals surface area (Å²) >= 11 is 0. The molecule has 1 N–H and O–H groups in total. The van der Waals surface area contributed by atoms with Crippen LogP contribution in [-0.4, -0.2) is 18.1 Å². The minimum atomic E-state index is 0.863. The predicted octanol–water partition coefficient (Wildman–Crippen LogP) is 3.31. The molecule has 0 fully saturated rings. The fourth-order valence-electron chi connectivity index (χ4n) is 2.26. The molecular formula is C17H24N2O. The van der Waals surface area contributed by atoms with E-state index in [-0.39, 0.29) is 0 Å². The lowest BCUT2D eigenvalue weighted by Gasteiger charge is -2.01. The van der Waals surface area contributed by atoms with Gasteiger partial charge in [-0.15, -0.1) is 0 Å². The lowest BCUT2D eigenvalue weighted by molar-refractivity contribution is 0.446. The van der Waals surface area contributed by atoms with Crippen LogP contribution in [0.4, 0.5) is 0 Å². The summed E-state index contributed by atoms with van der Waals surface area (Å²) in [6, 6.07) is 8.63. The zero-order valence-electron chi connectivity index (χ0n) is 12.5. The molecule has 0 aliphatic rings. The molecule has 0 saturated heterocycles. The molecule has 0 bridgehead atoms. The van der Waals surface area contributed by atoms with E-state index in [1.807, 2.05) is 6.20 Å². The van der Waals surface area contributed by atoms with Crippen LogP contribution in [0.25, 0.3) is 0 Å². The van der Waals surface area contributed by atoms with E-state index in [1.165, 1.54) is 11.1 Å². The highest BCUT2D eigenvalue weighted by molar-refractivity contribution is 5.22. The lowest BCUT2D eigenvalue weighted by Crippen LogP contribution is -2.14. The highest BCUT2D eigenvalue weighted by Gasteiger charge is 2.04. The van der Waals surface area contributed by atoms with Gasteiger partial charge in [0.2, 0.25) is 0 Å². The molecular weight excluding hydrogens is 248 g/mol. The monoisotopic (exact) mass is 272 g/mol. The average Bonchev–Trinajstić information content (AvgIpc) is 2.89. The second-order valence-corrected chi connectivity index (χ2v) is 5.17. The molecule has 1 aromatic heterocycles. The standard InChI is InChI=1S/C17H24N2O/c1-3-18-11-5-8-17-19-13-16(20-17)10-9-15-7-4-6-14(2)12-15/h4,6-7,12-13,18H,3,5,8-11H2,1-2H3. The van der Waals surface area contributed by atoms with Gasteiger partial charge in [0, 0.05) is 12.8 Å². The Bertz CT molecular complexity index is 519. The molecule has 0 radical (unpaired) electrons. The molecule has 3 heteroatoms. The minimum absolute atomic E-state index is 0.863. The first-order valence-corrected chi connectivity index (χ1v) is 7.47. The summed E-state index contributed by atoms with van der Waals surface area (Å²) in [4.78, 5) is 4.35. The number of aryl methyl sites for hydroxylation is 4. The molecule has 0 aliphatic carbocycles. The third-order valence-electron chi connectivity index (χ3n) is 3.34. The maximum absolute atomic E-state index is 5.78. The van der Waals surface area contributed by atoms with Gasteiger partial charge in [-0.1, -0.05) is 36.8 Å². The lowest BCUT2D eigenvalue weighted by atomic mass is 10.1. The first kappa shape index (κ1) is 14.8. The average molecular weight is 272 g/mol. The summed E-state index contributed by atoms with van der Waals surface area (Å²) < 4.78 is 5.78. The van der Waals surface area contributed by atoms with E-state index < -0.39 is 0 Å². The fourth-order valence-corrected chi connectivity index (χ4v) is 2.26. The quantitative estimate of drug-likeness (QED) is 0.749. The second-order valence-electron chi connectivity index (χ2n) is 5.17. The molecule has 108 valence electrons. The molecule has 0 amide bonds. The van der Waals surface area contributed by atoms with Crippen molar-refractivity contribution in [2.75, 3.05) is 13.1 Å². The largest absolute Gasteiger partial charge is 0.446 e. The summed E-state index contributed by atoms with van der Waals surface area (Å²) in [7, 11) is 0. The number of oxazole rings is 1. The van der Waals surface area contributed by atoms with E-state index in [9.17, 15) is 0 Å². The third kappa shape index (κ3) is 4.82. The van der Waals surface area contributed by atoms with Crippen LogP contribution in [0.15, 0.2) is 34.9 Å². The molecule has 2 rings (SSSR count). The van der Waals surface area contributed by atoms with Crippen LogP contribution in [0, 0.1) is 6.92 Å². The van der Waals surface area contributed by atoms with Crippen molar-refractivity contribution in [3.05, 3.63) is 53.2 Å². The summed E-state index contributed by atoms with van der Waals surface area (Å²) in [6.45, 7) is 6.29. The summed E-state index contributed by atoms with van der Waals surface area (Å²) in [5.41, 5.74) is 2.67. The Morgan fingerprint density at radius 3 is 2.90 bits per heavy atom. The predicted molar refractivity (Wildman–Crippen MR) is 82.0 cm³/mol. The molecule has 3 nitrogen and oxygen atoms in total. The Kier molecular flexibility index (Phi) is 5.81. The Labute approximate surface area is 121 Å². The number of hydrogen-bond acceptors (Lipinski definition) is 3. The Morgan fingerprint density at radius 1 is 1.20 bits per heavy atom. The summed E-state index contributed by atoms with van der Waals surface area (Å²) in [5.74, 6) is 1.85. The summed E-state index contributed by atoms with van der Waals surface area (Å²) in [6.07, 6.45) is 5.79. The van der Waals surface area contributed by atoms with E-state index in [0.29, 0.717) is 0 Å². The van der Waals surface area contributed by atoms with Crippen molar-refractivity contribution < 1.29 is 4.42 Å². The van der Waals surface area contributed by atoms with Gasteiger partial charge in [0.05, 0.1) is 6.20 Å². The number of rotatable bonds is 8. The van der Waals surface area contributed by atoms with E-state index in [1.54, 1.807) is 0 Å². The van der Waals surface area contributed by atoms with Gasteiger partial charge in [0.15, 0.2) is 5.89 Å². The normalized spacial score (nSPS) is 10.9. The van der Waals surface area contributed by atoms with E-state index in [2.05, 4.69) is 48.4 Å². The van der Waals surface area contributed by atoms with Crippen molar-refractivity contribution in [1.82, 2.24) is 10.3 Å². The van der Waals surface area contributed by atoms with Crippen molar-refractivity contribution in [1.29, 1.82) is 0 Å². The molecule has 1 heterocycles. The molecule has 0 unspecified atom stereocenters. The second kappa shape index (κ2) is 7.85. The SMILES string of the molecule is CCNCCCc1ncc(CCc2cccc(C)c2)o1. The van der Waals surface area contributed by atoms with Crippen LogP contribution in [0.2, 0.25) is 0 Å². The number of nitrogens with one attached hydrogen (secondary N) is 1. The van der Waals surface area contributed by atoms with Gasteiger partial charge in [0.25, 0.3) is 0 Å². The van der Waals surface area contributed by atoms with E-state index >= 15 is 0 Å². The maximum Gasteiger partial charge on any atom is 0.194 e. The first-order valence-electron chi connectivity index (χ1n) is 7.47. The molecule has 20 heavy (non-hydrogen) atoms. The van der Waals surface area contributed by atoms with Gasteiger partial charge < -0.3 is 9.73 Å². The molecule has 2 aromatic rings. The van der Waals surface area contributed by atoms with Gasteiger partial charge in [-0.05, 0) is 38.4 Å². The van der Waals surface area contributed by atoms with Crippen LogP contribution in [0.3, 0.4) is 0 Å². The number of aromatic nitrogens is 1. The van der Waals surface area contributed by atoms with Gasteiger partial charge in [-0.3, -0.25) is 0 Å². The molecule has 0 saturated carbocycles. The van der Waals surface area contributed by atoms with Crippen molar-refractivity contribution in [2.45, 2.75) is 39.5 Å². The Hall–Kier alpha value is -1.61. The molecule has 1 aromatic carbocycles. The van der Waals surface area contributed by atoms with E-state index in [0.717, 1.165) is 50.4 Å². The van der Waals surface area contributed by atoms with Crippen LogP contribution >= 0.6 is 0 Å². The number of nitrogens with zero attached hydrogens (tertiary/aromatic N) is 1. The highest BCUT2D eigenvalue weighted by atomic mass is 16.4. The topological polar surface area (TPSA) is 38.1 Å². The summed E-state index contributed by atoms with van der Waals surface area (Å²) in [5, 5.41) is 3.31. The van der Waals surface area contributed by atoms with Crippen molar-refractivity contribution in [3.8, 4) is 0 Å². The third-order valence-corrected chi connectivity index (χ3v) is 3.34. The van der Waals surface area contributed by atoms with Crippen molar-refractivity contribution in [2.24, 2.45) is 0 Å². The first-order chi connectivity index (χ1) is 9.78. The van der Waals surface area contributed by atoms with Gasteiger partial charge in [-0.25, -0.2) is 4.98 Å². The van der Waals surface area contributed by atoms with Crippen LogP contribution < -0.4 is 5.32 Å². The highest BCUT2D eigenvalue weighted by Crippen LogP contribution is 2.11. The smallest absolute Gasteiger partial charge is 0.194 e. The van der Waals surface area contributed by atoms with Gasteiger partial charge in [-0.2, -0.15) is 0 Å². The zero-order valence-corrected chi connectivity index (χ0v) is 12.5. The van der Waals surface area contributed by atoms with Crippen LogP contribution in [-0.2, 0) is 19.3 Å².